The van der Waals surface area contributed by atoms with Crippen molar-refractivity contribution < 1.29 is 9.18 Å². The topological polar surface area (TPSA) is 71.0 Å². The van der Waals surface area contributed by atoms with Crippen LogP contribution in [0.5, 0.6) is 0 Å². The Balaban J connectivity index is 1.45. The lowest BCUT2D eigenvalue weighted by atomic mass is 10.1. The molecule has 2 aromatic heterocycles. The molecular formula is C18H17BrFN5OS2. The van der Waals surface area contributed by atoms with E-state index in [4.69, 9.17) is 0 Å². The first kappa shape index (κ1) is 19.5. The van der Waals surface area contributed by atoms with Gasteiger partial charge in [0.05, 0.1) is 11.4 Å². The molecule has 1 aliphatic heterocycles. The third-order valence-corrected chi connectivity index (χ3v) is 7.04. The number of carbonyl (C=O) groups excluding carboxylic acids is 1. The number of nitrogens with one attached hydrogen (secondary N) is 1. The van der Waals surface area contributed by atoms with Gasteiger partial charge in [0.25, 0.3) is 0 Å². The first-order valence-corrected chi connectivity index (χ1v) is 11.4. The Hall–Kier alpha value is -1.78. The highest BCUT2D eigenvalue weighted by Gasteiger charge is 2.18. The Morgan fingerprint density at radius 1 is 1.29 bits per heavy atom. The van der Waals surface area contributed by atoms with Crippen LogP contribution in [0.15, 0.2) is 34.0 Å². The summed E-state index contributed by atoms with van der Waals surface area (Å²) in [6.45, 7) is 2.02. The quantitative estimate of drug-likeness (QED) is 0.420. The molecule has 28 heavy (non-hydrogen) atoms. The number of carbonyl (C=O) groups is 1. The molecule has 3 aromatic rings. The van der Waals surface area contributed by atoms with Crippen molar-refractivity contribution in [3.05, 3.63) is 34.8 Å². The van der Waals surface area contributed by atoms with E-state index in [2.05, 4.69) is 41.1 Å². The number of hydrogen-bond donors (Lipinski definition) is 1. The summed E-state index contributed by atoms with van der Waals surface area (Å²) in [4.78, 5) is 27.7. The summed E-state index contributed by atoms with van der Waals surface area (Å²) in [5.41, 5.74) is 0.814. The number of thiazole rings is 1. The molecule has 0 saturated carbocycles. The molecular weight excluding hydrogens is 465 g/mol. The maximum atomic E-state index is 13.9. The highest BCUT2D eigenvalue weighted by molar-refractivity contribution is 9.10. The number of nitrogens with zero attached hydrogens (tertiary/aromatic N) is 4. The van der Waals surface area contributed by atoms with E-state index in [1.54, 1.807) is 17.4 Å². The van der Waals surface area contributed by atoms with Gasteiger partial charge in [-0.25, -0.2) is 14.4 Å². The second-order valence-electron chi connectivity index (χ2n) is 6.34. The number of fused-ring (bicyclic) bond motifs is 1. The number of aromatic nitrogens is 3. The van der Waals surface area contributed by atoms with Crippen molar-refractivity contribution in [1.29, 1.82) is 0 Å². The third-order valence-electron chi connectivity index (χ3n) is 4.32. The van der Waals surface area contributed by atoms with Crippen molar-refractivity contribution in [1.82, 2.24) is 15.0 Å². The summed E-state index contributed by atoms with van der Waals surface area (Å²) in [6.07, 6.45) is 5.08. The summed E-state index contributed by atoms with van der Waals surface area (Å²) < 4.78 is 15.4. The van der Waals surface area contributed by atoms with E-state index < -0.39 is 5.82 Å². The molecule has 1 amide bonds. The van der Waals surface area contributed by atoms with Crippen molar-refractivity contribution in [3.63, 3.8) is 0 Å². The molecule has 6 nitrogen and oxygen atoms in total. The summed E-state index contributed by atoms with van der Waals surface area (Å²) in [5, 5.41) is 4.27. The van der Waals surface area contributed by atoms with Gasteiger partial charge in [-0.15, -0.1) is 0 Å². The van der Waals surface area contributed by atoms with E-state index in [1.807, 2.05) is 0 Å². The lowest BCUT2D eigenvalue weighted by molar-refractivity contribution is -0.113. The van der Waals surface area contributed by atoms with Crippen LogP contribution in [0, 0.1) is 5.82 Å². The number of benzene rings is 1. The number of rotatable bonds is 5. The average Bonchev–Trinajstić information content (AvgIpc) is 3.14. The normalized spacial score (nSPS) is 14.4. The Labute approximate surface area is 178 Å². The van der Waals surface area contributed by atoms with Crippen LogP contribution in [0.4, 0.5) is 15.2 Å². The van der Waals surface area contributed by atoms with Crippen LogP contribution in [0.3, 0.4) is 0 Å². The minimum absolute atomic E-state index is 0.124. The molecule has 0 atom stereocenters. The van der Waals surface area contributed by atoms with Crippen LogP contribution in [0.25, 0.3) is 10.3 Å². The summed E-state index contributed by atoms with van der Waals surface area (Å²) >= 11 is 6.06. The smallest absolute Gasteiger partial charge is 0.234 e. The largest absolute Gasteiger partial charge is 0.348 e. The zero-order valence-corrected chi connectivity index (χ0v) is 18.0. The first-order valence-electron chi connectivity index (χ1n) is 8.84. The van der Waals surface area contributed by atoms with E-state index in [1.165, 1.54) is 49.5 Å². The van der Waals surface area contributed by atoms with Crippen LogP contribution in [-0.4, -0.2) is 39.7 Å². The zero-order valence-electron chi connectivity index (χ0n) is 14.8. The molecule has 1 N–H and O–H groups in total. The lowest BCUT2D eigenvalue weighted by Gasteiger charge is -2.25. The molecule has 0 radical (unpaired) electrons. The molecule has 1 aliphatic rings. The molecule has 0 spiro atoms. The van der Waals surface area contributed by atoms with E-state index in [9.17, 15) is 9.18 Å². The predicted molar refractivity (Wildman–Crippen MR) is 115 cm³/mol. The summed E-state index contributed by atoms with van der Waals surface area (Å²) in [7, 11) is 0. The number of hydrogen-bond acceptors (Lipinski definition) is 7. The second-order valence-corrected chi connectivity index (χ2v) is 9.19. The Morgan fingerprint density at radius 2 is 2.11 bits per heavy atom. The van der Waals surface area contributed by atoms with Gasteiger partial charge in [0.15, 0.2) is 10.8 Å². The van der Waals surface area contributed by atoms with Gasteiger partial charge in [-0.2, -0.15) is 4.98 Å². The average molecular weight is 482 g/mol. The Bertz CT molecular complexity index is 1010. The number of anilines is 2. The molecule has 1 fully saturated rings. The SMILES string of the molecule is O=C(CSc1ncnc2nc(N3CCCCC3)sc12)Nc1ccc(Br)cc1F. The van der Waals surface area contributed by atoms with Gasteiger partial charge < -0.3 is 10.2 Å². The van der Waals surface area contributed by atoms with E-state index in [0.717, 1.165) is 27.9 Å². The molecule has 4 rings (SSSR count). The van der Waals surface area contributed by atoms with Crippen molar-refractivity contribution in [2.24, 2.45) is 0 Å². The Morgan fingerprint density at radius 3 is 2.89 bits per heavy atom. The highest BCUT2D eigenvalue weighted by atomic mass is 79.9. The Kier molecular flexibility index (Phi) is 6.07. The zero-order chi connectivity index (χ0) is 19.5. The lowest BCUT2D eigenvalue weighted by Crippen LogP contribution is -2.29. The fraction of sp³-hybridized carbons (Fsp3) is 0.333. The van der Waals surface area contributed by atoms with Crippen molar-refractivity contribution in [3.8, 4) is 0 Å². The van der Waals surface area contributed by atoms with Crippen molar-refractivity contribution in [2.75, 3.05) is 29.1 Å². The number of thioether (sulfide) groups is 1. The van der Waals surface area contributed by atoms with E-state index >= 15 is 0 Å². The van der Waals surface area contributed by atoms with Crippen molar-refractivity contribution in [2.45, 2.75) is 24.3 Å². The van der Waals surface area contributed by atoms with E-state index in [-0.39, 0.29) is 17.3 Å². The molecule has 1 saturated heterocycles. The molecule has 0 aliphatic carbocycles. The van der Waals surface area contributed by atoms with Gasteiger partial charge in [-0.05, 0) is 37.5 Å². The third kappa shape index (κ3) is 4.44. The van der Waals surface area contributed by atoms with Gasteiger partial charge in [-0.1, -0.05) is 39.0 Å². The van der Waals surface area contributed by atoms with Crippen molar-refractivity contribution >= 4 is 66.1 Å². The summed E-state index contributed by atoms with van der Waals surface area (Å²) in [6, 6.07) is 4.52. The maximum absolute atomic E-state index is 13.9. The van der Waals surface area contributed by atoms with Gasteiger partial charge in [0.2, 0.25) is 5.91 Å². The van der Waals surface area contributed by atoms with Crippen LogP contribution < -0.4 is 10.2 Å². The fourth-order valence-electron chi connectivity index (χ4n) is 2.96. The van der Waals surface area contributed by atoms with Crippen LogP contribution >= 0.6 is 39.0 Å². The van der Waals surface area contributed by atoms with Crippen LogP contribution in [-0.2, 0) is 4.79 Å². The molecule has 0 unspecified atom stereocenters. The molecule has 0 bridgehead atoms. The number of amides is 1. The molecule has 3 heterocycles. The minimum Gasteiger partial charge on any atom is -0.348 e. The van der Waals surface area contributed by atoms with Gasteiger partial charge in [-0.3, -0.25) is 4.79 Å². The summed E-state index contributed by atoms with van der Waals surface area (Å²) in [5.74, 6) is -0.650. The first-order chi connectivity index (χ1) is 13.6. The maximum Gasteiger partial charge on any atom is 0.234 e. The van der Waals surface area contributed by atoms with Crippen LogP contribution in [0.1, 0.15) is 19.3 Å². The predicted octanol–water partition coefficient (Wildman–Crippen LogP) is 4.71. The minimum atomic E-state index is -0.481. The number of halogens is 2. The van der Waals surface area contributed by atoms with E-state index in [0.29, 0.717) is 10.1 Å². The fourth-order valence-corrected chi connectivity index (χ4v) is 5.23. The van der Waals surface area contributed by atoms with Crippen LogP contribution in [0.2, 0.25) is 0 Å². The monoisotopic (exact) mass is 481 g/mol. The molecule has 1 aromatic carbocycles. The van der Waals surface area contributed by atoms with Gasteiger partial charge in [0.1, 0.15) is 21.9 Å². The molecule has 10 heteroatoms. The van der Waals surface area contributed by atoms with Gasteiger partial charge >= 0.3 is 0 Å². The number of piperidine rings is 1. The molecule has 146 valence electrons. The standard InChI is InChI=1S/C18H17BrFN5OS2/c19-11-4-5-13(12(20)8-11)23-14(26)9-27-17-15-16(21-10-22-17)24-18(28-15)25-6-2-1-3-7-25/h4-5,8,10H,1-3,6-7,9H2,(H,23,26). The van der Waals surface area contributed by atoms with Gasteiger partial charge in [0, 0.05) is 17.6 Å². The highest BCUT2D eigenvalue weighted by Crippen LogP contribution is 2.34. The second kappa shape index (κ2) is 8.71.